The van der Waals surface area contributed by atoms with E-state index in [4.69, 9.17) is 27.3 Å². The van der Waals surface area contributed by atoms with Crippen molar-refractivity contribution < 1.29 is 27.1 Å². The van der Waals surface area contributed by atoms with Gasteiger partial charge in [0.15, 0.2) is 6.61 Å². The highest BCUT2D eigenvalue weighted by molar-refractivity contribution is 7.93. The van der Waals surface area contributed by atoms with Crippen molar-refractivity contribution in [1.29, 1.82) is 5.26 Å². The number of hydrogen-bond donors (Lipinski definition) is 1. The second-order valence-corrected chi connectivity index (χ2v) is 8.85. The number of hydrogen-bond acceptors (Lipinski definition) is 7. The molecule has 8 nitrogen and oxygen atoms in total. The molecule has 0 bridgehead atoms. The number of sulfonamides is 1. The number of rotatable bonds is 9. The van der Waals surface area contributed by atoms with Crippen molar-refractivity contribution in [2.75, 3.05) is 17.5 Å². The summed E-state index contributed by atoms with van der Waals surface area (Å²) in [7, 11) is -4.31. The van der Waals surface area contributed by atoms with Gasteiger partial charge in [-0.15, -0.1) is 6.58 Å². The number of halogens is 2. The fourth-order valence-corrected chi connectivity index (χ4v) is 4.61. The van der Waals surface area contributed by atoms with Gasteiger partial charge in [-0.2, -0.15) is 5.26 Å². The van der Waals surface area contributed by atoms with E-state index >= 15 is 0 Å². The van der Waals surface area contributed by atoms with E-state index in [9.17, 15) is 22.4 Å². The maximum Gasteiger partial charge on any atom is 0.338 e. The quantitative estimate of drug-likeness (QED) is 0.246. The maximum atomic E-state index is 13.3. The molecule has 0 radical (unpaired) electrons. The number of nitrogens with two attached hydrogens (primary N) is 1. The van der Waals surface area contributed by atoms with Gasteiger partial charge in [-0.25, -0.2) is 17.6 Å². The van der Waals surface area contributed by atoms with Crippen LogP contribution in [-0.4, -0.2) is 33.3 Å². The second-order valence-electron chi connectivity index (χ2n) is 6.62. The van der Waals surface area contributed by atoms with Crippen LogP contribution in [-0.2, 0) is 19.6 Å². The molecule has 0 aliphatic rings. The number of carbonyl (C=O) groups excluding carboxylic acids is 2. The van der Waals surface area contributed by atoms with Crippen LogP contribution in [0.5, 0.6) is 0 Å². The summed E-state index contributed by atoms with van der Waals surface area (Å²) in [4.78, 5) is 24.0. The predicted octanol–water partition coefficient (Wildman–Crippen LogP) is 3.34. The smallest absolute Gasteiger partial charge is 0.338 e. The third-order valence-corrected chi connectivity index (χ3v) is 6.54. The van der Waals surface area contributed by atoms with Gasteiger partial charge in [-0.05, 0) is 49.4 Å². The molecular formula is C22H19ClFN3O5S. The first kappa shape index (κ1) is 25.6. The van der Waals surface area contributed by atoms with E-state index in [1.54, 1.807) is 6.07 Å². The first-order valence-electron chi connectivity index (χ1n) is 9.28. The van der Waals surface area contributed by atoms with Crippen LogP contribution in [0.25, 0.3) is 0 Å². The topological polar surface area (TPSA) is 131 Å². The molecule has 0 heterocycles. The highest BCUT2D eigenvalue weighted by Crippen LogP contribution is 2.30. The predicted molar refractivity (Wildman–Crippen MR) is 120 cm³/mol. The Morgan fingerprint density at radius 3 is 2.45 bits per heavy atom. The fourth-order valence-electron chi connectivity index (χ4n) is 2.67. The lowest BCUT2D eigenvalue weighted by Crippen LogP contribution is -2.31. The Morgan fingerprint density at radius 1 is 1.27 bits per heavy atom. The minimum absolute atomic E-state index is 0.0264. The Morgan fingerprint density at radius 2 is 1.91 bits per heavy atom. The van der Waals surface area contributed by atoms with Crippen LogP contribution in [0.4, 0.5) is 10.1 Å². The van der Waals surface area contributed by atoms with E-state index in [1.807, 2.05) is 0 Å². The Kier molecular flexibility index (Phi) is 8.34. The molecule has 0 spiro atoms. The lowest BCUT2D eigenvalue weighted by molar-refractivity contribution is -0.118. The van der Waals surface area contributed by atoms with Crippen molar-refractivity contribution in [2.24, 2.45) is 5.73 Å². The van der Waals surface area contributed by atoms with Crippen molar-refractivity contribution >= 4 is 39.1 Å². The van der Waals surface area contributed by atoms with Gasteiger partial charge in [0.1, 0.15) is 22.4 Å². The summed E-state index contributed by atoms with van der Waals surface area (Å²) < 4.78 is 45.8. The zero-order valence-electron chi connectivity index (χ0n) is 17.4. The summed E-state index contributed by atoms with van der Waals surface area (Å²) in [6.45, 7) is 3.97. The number of nitrogens with zero attached hydrogens (tertiary/aromatic N) is 2. The molecule has 11 heteroatoms. The zero-order valence-corrected chi connectivity index (χ0v) is 19.0. The number of ether oxygens (including phenoxy) is 1. The highest BCUT2D eigenvalue weighted by atomic mass is 35.5. The molecule has 2 aromatic carbocycles. The molecule has 0 atom stereocenters. The Labute approximate surface area is 195 Å². The van der Waals surface area contributed by atoms with Gasteiger partial charge in [0, 0.05) is 5.70 Å². The van der Waals surface area contributed by atoms with Gasteiger partial charge in [0.25, 0.3) is 10.0 Å². The van der Waals surface area contributed by atoms with Crippen molar-refractivity contribution in [3.05, 3.63) is 82.8 Å². The second kappa shape index (κ2) is 10.8. The normalized spacial score (nSPS) is 11.7. The summed E-state index contributed by atoms with van der Waals surface area (Å²) in [5.41, 5.74) is 5.02. The van der Waals surface area contributed by atoms with E-state index < -0.39 is 39.1 Å². The van der Waals surface area contributed by atoms with Crippen molar-refractivity contribution in [1.82, 2.24) is 0 Å². The number of nitriles is 1. The van der Waals surface area contributed by atoms with E-state index in [1.165, 1.54) is 37.3 Å². The van der Waals surface area contributed by atoms with Gasteiger partial charge in [0.05, 0.1) is 22.8 Å². The summed E-state index contributed by atoms with van der Waals surface area (Å²) >= 11 is 6.11. The molecular weight excluding hydrogens is 473 g/mol. The van der Waals surface area contributed by atoms with Gasteiger partial charge in [-0.3, -0.25) is 9.10 Å². The third kappa shape index (κ3) is 5.97. The monoisotopic (exact) mass is 491 g/mol. The maximum absolute atomic E-state index is 13.3. The molecule has 2 rings (SSSR count). The van der Waals surface area contributed by atoms with E-state index in [2.05, 4.69) is 6.58 Å². The first-order chi connectivity index (χ1) is 15.5. The van der Waals surface area contributed by atoms with Crippen molar-refractivity contribution in [3.8, 4) is 6.07 Å². The molecule has 172 valence electrons. The average Bonchev–Trinajstić information content (AvgIpc) is 2.77. The van der Waals surface area contributed by atoms with E-state index in [0.29, 0.717) is 0 Å². The molecule has 0 unspecified atom stereocenters. The number of anilines is 1. The lowest BCUT2D eigenvalue weighted by atomic mass is 10.1. The van der Waals surface area contributed by atoms with E-state index in [0.717, 1.165) is 22.5 Å². The van der Waals surface area contributed by atoms with Crippen LogP contribution in [0.1, 0.15) is 17.3 Å². The van der Waals surface area contributed by atoms with Crippen molar-refractivity contribution in [2.45, 2.75) is 11.8 Å². The van der Waals surface area contributed by atoms with Crippen LogP contribution in [0.2, 0.25) is 5.02 Å². The summed E-state index contributed by atoms with van der Waals surface area (Å²) in [5, 5.41) is 8.77. The minimum Gasteiger partial charge on any atom is -0.454 e. The number of esters is 1. The molecule has 0 fully saturated rings. The zero-order chi connectivity index (χ0) is 24.8. The van der Waals surface area contributed by atoms with Gasteiger partial charge in [0.2, 0.25) is 5.78 Å². The number of carbonyl (C=O) groups is 2. The van der Waals surface area contributed by atoms with Crippen LogP contribution in [0.3, 0.4) is 0 Å². The van der Waals surface area contributed by atoms with Crippen LogP contribution in [0.15, 0.2) is 71.3 Å². The van der Waals surface area contributed by atoms with Gasteiger partial charge < -0.3 is 10.5 Å². The van der Waals surface area contributed by atoms with E-state index in [-0.39, 0.29) is 34.1 Å². The largest absolute Gasteiger partial charge is 0.454 e. The molecule has 0 aliphatic carbocycles. The minimum atomic E-state index is -4.31. The average molecular weight is 492 g/mol. The number of benzene rings is 2. The van der Waals surface area contributed by atoms with Gasteiger partial charge in [-0.1, -0.05) is 17.7 Å². The summed E-state index contributed by atoms with van der Waals surface area (Å²) in [6.07, 6.45) is 1.33. The van der Waals surface area contributed by atoms with Crippen LogP contribution >= 0.6 is 11.6 Å². The first-order valence-corrected chi connectivity index (χ1v) is 11.1. The highest BCUT2D eigenvalue weighted by Gasteiger charge is 2.28. The van der Waals surface area contributed by atoms with Crippen LogP contribution < -0.4 is 10.0 Å². The Balaban J connectivity index is 2.38. The number of Topliss-reactive ketones (excluding diaryl/α,β-unsaturated/α-hetero) is 1. The Bertz CT molecular complexity index is 1260. The Hall–Kier alpha value is -3.68. The third-order valence-electron chi connectivity index (χ3n) is 4.26. The summed E-state index contributed by atoms with van der Waals surface area (Å²) in [6, 6.07) is 9.77. The lowest BCUT2D eigenvalue weighted by Gasteiger charge is -2.24. The molecule has 0 aliphatic heterocycles. The molecule has 0 aromatic heterocycles. The molecule has 33 heavy (non-hydrogen) atoms. The molecule has 0 saturated heterocycles. The van der Waals surface area contributed by atoms with Crippen molar-refractivity contribution in [3.63, 3.8) is 0 Å². The molecule has 2 aromatic rings. The fraction of sp³-hybridized carbons (Fsp3) is 0.136. The summed E-state index contributed by atoms with van der Waals surface area (Å²) in [5.74, 6) is -2.37. The molecule has 0 saturated carbocycles. The van der Waals surface area contributed by atoms with Crippen LogP contribution in [0, 0.1) is 17.1 Å². The SMILES string of the molecule is C=CCN(c1ccc(F)cc1)S(=O)(=O)c1cc(C(=O)OCC(=O)C(C#N)=C(C)N)ccc1Cl. The number of allylic oxidation sites excluding steroid dienone is 1. The standard InChI is InChI=1S/C22H19ClFN3O5S/c1-3-10-27(17-7-5-16(24)6-8-17)33(30,31)21-11-15(4-9-19(21)23)22(29)32-13-20(28)18(12-25)14(2)26/h3-9,11H,1,10,13,26H2,2H3. The molecule has 2 N–H and O–H groups in total. The number of ketones is 1. The molecule has 0 amide bonds. The van der Waals surface area contributed by atoms with Gasteiger partial charge >= 0.3 is 5.97 Å².